The average Bonchev–Trinajstić information content (AvgIpc) is 2.50. The van der Waals surface area contributed by atoms with Crippen molar-refractivity contribution in [3.63, 3.8) is 0 Å². The number of nitrogens with zero attached hydrogens (tertiary/aromatic N) is 1. The zero-order chi connectivity index (χ0) is 16.1. The first-order chi connectivity index (χ1) is 10.5. The van der Waals surface area contributed by atoms with Gasteiger partial charge in [-0.15, -0.1) is 0 Å². The third kappa shape index (κ3) is 3.98. The highest BCUT2D eigenvalue weighted by molar-refractivity contribution is 6.33. The number of halogens is 1. The van der Waals surface area contributed by atoms with E-state index < -0.39 is 0 Å². The Bertz CT molecular complexity index is 644. The van der Waals surface area contributed by atoms with Crippen LogP contribution in [0.4, 0.5) is 5.82 Å². The fourth-order valence-corrected chi connectivity index (χ4v) is 2.48. The van der Waals surface area contributed by atoms with E-state index in [4.69, 9.17) is 17.3 Å². The highest BCUT2D eigenvalue weighted by atomic mass is 35.5. The van der Waals surface area contributed by atoms with Crippen LogP contribution in [0.2, 0.25) is 5.02 Å². The normalized spacial score (nSPS) is 12.2. The molecule has 0 spiro atoms. The molecule has 1 aromatic heterocycles. The number of hydrogen-bond donors (Lipinski definition) is 2. The Hall–Kier alpha value is -2.07. The first-order valence-corrected chi connectivity index (χ1v) is 7.61. The predicted molar refractivity (Wildman–Crippen MR) is 90.0 cm³/mol. The van der Waals surface area contributed by atoms with Crippen molar-refractivity contribution in [3.8, 4) is 0 Å². The van der Waals surface area contributed by atoms with Gasteiger partial charge in [0.1, 0.15) is 5.82 Å². The molecule has 0 aliphatic rings. The Morgan fingerprint density at radius 1 is 1.32 bits per heavy atom. The zero-order valence-corrected chi connectivity index (χ0v) is 13.5. The van der Waals surface area contributed by atoms with Crippen LogP contribution in [0, 0.1) is 5.92 Å². The first-order valence-electron chi connectivity index (χ1n) is 7.23. The van der Waals surface area contributed by atoms with E-state index >= 15 is 0 Å². The van der Waals surface area contributed by atoms with Crippen LogP contribution >= 0.6 is 11.6 Å². The van der Waals surface area contributed by atoms with Crippen molar-refractivity contribution in [1.29, 1.82) is 0 Å². The van der Waals surface area contributed by atoms with Crippen LogP contribution in [-0.2, 0) is 0 Å². The lowest BCUT2D eigenvalue weighted by Gasteiger charge is -2.22. The number of amides is 1. The molecule has 0 saturated carbocycles. The molecule has 1 unspecified atom stereocenters. The zero-order valence-electron chi connectivity index (χ0n) is 12.7. The van der Waals surface area contributed by atoms with Crippen molar-refractivity contribution < 1.29 is 4.79 Å². The Morgan fingerprint density at radius 2 is 2.00 bits per heavy atom. The summed E-state index contributed by atoms with van der Waals surface area (Å²) in [5, 5.41) is 3.24. The van der Waals surface area contributed by atoms with Crippen LogP contribution in [-0.4, -0.2) is 17.4 Å². The van der Waals surface area contributed by atoms with Crippen molar-refractivity contribution in [2.45, 2.75) is 19.8 Å². The van der Waals surface area contributed by atoms with Gasteiger partial charge >= 0.3 is 0 Å². The van der Waals surface area contributed by atoms with Gasteiger partial charge in [0.25, 0.3) is 5.91 Å². The second-order valence-electron chi connectivity index (χ2n) is 5.56. The summed E-state index contributed by atoms with van der Waals surface area (Å²) >= 11 is 5.90. The Morgan fingerprint density at radius 3 is 2.59 bits per heavy atom. The highest BCUT2D eigenvalue weighted by Gasteiger charge is 2.17. The summed E-state index contributed by atoms with van der Waals surface area (Å²) in [5.41, 5.74) is 7.18. The molecule has 3 N–H and O–H groups in total. The molecule has 2 aromatic rings. The smallest absolute Gasteiger partial charge is 0.252 e. The molecule has 2 rings (SSSR count). The first kappa shape index (κ1) is 16.3. The second kappa shape index (κ2) is 7.27. The number of benzene rings is 1. The maximum atomic E-state index is 12.2. The third-order valence-electron chi connectivity index (χ3n) is 3.65. The number of hydrogen-bond acceptors (Lipinski definition) is 3. The molecule has 116 valence electrons. The molecule has 1 aromatic carbocycles. The van der Waals surface area contributed by atoms with E-state index in [2.05, 4.69) is 36.3 Å². The van der Waals surface area contributed by atoms with E-state index in [9.17, 15) is 4.79 Å². The standard InChI is InChI=1S/C17H20ClN3O/c1-11(2)14(12-6-4-3-5-7-12)10-21-17(22)13-8-15(18)16(19)20-9-13/h3-9,11,14H,10H2,1-2H3,(H2,19,20)(H,21,22). The van der Waals surface area contributed by atoms with Crippen molar-refractivity contribution in [2.75, 3.05) is 12.3 Å². The summed E-state index contributed by atoms with van der Waals surface area (Å²) in [5.74, 6) is 0.691. The molecule has 1 atom stereocenters. The van der Waals surface area contributed by atoms with Gasteiger partial charge in [0.2, 0.25) is 0 Å². The molecule has 1 amide bonds. The summed E-state index contributed by atoms with van der Waals surface area (Å²) < 4.78 is 0. The summed E-state index contributed by atoms with van der Waals surface area (Å²) in [6.07, 6.45) is 1.43. The molecule has 22 heavy (non-hydrogen) atoms. The molecule has 0 aliphatic carbocycles. The van der Waals surface area contributed by atoms with Gasteiger partial charge in [-0.3, -0.25) is 4.79 Å². The summed E-state index contributed by atoms with van der Waals surface area (Å²) in [4.78, 5) is 16.1. The fourth-order valence-electron chi connectivity index (χ4n) is 2.32. The van der Waals surface area contributed by atoms with Crippen LogP contribution in [0.25, 0.3) is 0 Å². The predicted octanol–water partition coefficient (Wildman–Crippen LogP) is 3.49. The molecular formula is C17H20ClN3O. The molecule has 1 heterocycles. The minimum Gasteiger partial charge on any atom is -0.382 e. The summed E-state index contributed by atoms with van der Waals surface area (Å²) in [6, 6.07) is 11.7. The van der Waals surface area contributed by atoms with Gasteiger partial charge < -0.3 is 11.1 Å². The molecule has 0 aliphatic heterocycles. The molecular weight excluding hydrogens is 298 g/mol. The number of anilines is 1. The van der Waals surface area contributed by atoms with E-state index in [0.717, 1.165) is 0 Å². The SMILES string of the molecule is CC(C)C(CNC(=O)c1cnc(N)c(Cl)c1)c1ccccc1. The lowest BCUT2D eigenvalue weighted by molar-refractivity contribution is 0.0949. The molecule has 0 saturated heterocycles. The van der Waals surface area contributed by atoms with Crippen molar-refractivity contribution >= 4 is 23.3 Å². The number of nitrogen functional groups attached to an aromatic ring is 1. The highest BCUT2D eigenvalue weighted by Crippen LogP contribution is 2.23. The van der Waals surface area contributed by atoms with E-state index in [1.807, 2.05) is 18.2 Å². The average molecular weight is 318 g/mol. The van der Waals surface area contributed by atoms with Crippen LogP contribution in [0.5, 0.6) is 0 Å². The third-order valence-corrected chi connectivity index (χ3v) is 3.95. The van der Waals surface area contributed by atoms with E-state index in [1.165, 1.54) is 17.8 Å². The van der Waals surface area contributed by atoms with Gasteiger partial charge in [-0.2, -0.15) is 0 Å². The molecule has 0 fully saturated rings. The number of nitrogens with two attached hydrogens (primary N) is 1. The Labute approximate surface area is 135 Å². The van der Waals surface area contributed by atoms with E-state index in [0.29, 0.717) is 18.0 Å². The summed E-state index contributed by atoms with van der Waals surface area (Å²) in [7, 11) is 0. The Balaban J connectivity index is 2.06. The second-order valence-corrected chi connectivity index (χ2v) is 5.97. The number of rotatable bonds is 5. The molecule has 5 heteroatoms. The molecule has 4 nitrogen and oxygen atoms in total. The van der Waals surface area contributed by atoms with E-state index in [-0.39, 0.29) is 22.7 Å². The van der Waals surface area contributed by atoms with E-state index in [1.54, 1.807) is 0 Å². The van der Waals surface area contributed by atoms with Gasteiger partial charge in [-0.05, 0) is 17.5 Å². The monoisotopic (exact) mass is 317 g/mol. The lowest BCUT2D eigenvalue weighted by atomic mass is 9.88. The van der Waals surface area contributed by atoms with Crippen molar-refractivity contribution in [1.82, 2.24) is 10.3 Å². The van der Waals surface area contributed by atoms with Crippen molar-refractivity contribution in [2.24, 2.45) is 5.92 Å². The van der Waals surface area contributed by atoms with Crippen LogP contribution in [0.3, 0.4) is 0 Å². The lowest BCUT2D eigenvalue weighted by Crippen LogP contribution is -2.30. The fraction of sp³-hybridized carbons (Fsp3) is 0.294. The number of carbonyl (C=O) groups excluding carboxylic acids is 1. The minimum atomic E-state index is -0.198. The van der Waals surface area contributed by atoms with Crippen LogP contribution < -0.4 is 11.1 Å². The van der Waals surface area contributed by atoms with Gasteiger partial charge in [-0.25, -0.2) is 4.98 Å². The van der Waals surface area contributed by atoms with Gasteiger partial charge in [0.15, 0.2) is 0 Å². The minimum absolute atomic E-state index is 0.198. The number of carbonyl (C=O) groups is 1. The maximum Gasteiger partial charge on any atom is 0.252 e. The molecule has 0 radical (unpaired) electrons. The molecule has 0 bridgehead atoms. The number of aromatic nitrogens is 1. The topological polar surface area (TPSA) is 68.0 Å². The number of pyridine rings is 1. The maximum absolute atomic E-state index is 12.2. The van der Waals surface area contributed by atoms with Crippen molar-refractivity contribution in [3.05, 3.63) is 58.7 Å². The van der Waals surface area contributed by atoms with Gasteiger partial charge in [-0.1, -0.05) is 55.8 Å². The Kier molecular flexibility index (Phi) is 5.39. The van der Waals surface area contributed by atoms with Crippen LogP contribution in [0.1, 0.15) is 35.7 Å². The van der Waals surface area contributed by atoms with Gasteiger partial charge in [0.05, 0.1) is 10.6 Å². The number of nitrogens with one attached hydrogen (secondary N) is 1. The largest absolute Gasteiger partial charge is 0.382 e. The van der Waals surface area contributed by atoms with Crippen LogP contribution in [0.15, 0.2) is 42.6 Å². The summed E-state index contributed by atoms with van der Waals surface area (Å²) in [6.45, 7) is 4.85. The quantitative estimate of drug-likeness (QED) is 0.887. The van der Waals surface area contributed by atoms with Gasteiger partial charge in [0, 0.05) is 18.7 Å².